The summed E-state index contributed by atoms with van der Waals surface area (Å²) in [5.74, 6) is 0.247. The van der Waals surface area contributed by atoms with Gasteiger partial charge < -0.3 is 20.3 Å². The Morgan fingerprint density at radius 2 is 1.74 bits per heavy atom. The SMILES string of the molecule is CC[NH+](CC(=O)Nc1ccc(C)c(Cl)c1)CC(=O)Nc1ccccc1OC. The maximum Gasteiger partial charge on any atom is 0.279 e. The topological polar surface area (TPSA) is 71.9 Å². The molecule has 2 rings (SSSR count). The Balaban J connectivity index is 1.91. The second-order valence-electron chi connectivity index (χ2n) is 6.22. The van der Waals surface area contributed by atoms with Gasteiger partial charge in [0, 0.05) is 10.7 Å². The van der Waals surface area contributed by atoms with Gasteiger partial charge in [0.15, 0.2) is 13.1 Å². The number of hydrogen-bond donors (Lipinski definition) is 3. The van der Waals surface area contributed by atoms with Crippen molar-refractivity contribution >= 4 is 34.8 Å². The summed E-state index contributed by atoms with van der Waals surface area (Å²) in [6.45, 7) is 4.83. The second kappa shape index (κ2) is 9.94. The molecule has 0 fully saturated rings. The van der Waals surface area contributed by atoms with E-state index in [0.717, 1.165) is 10.5 Å². The van der Waals surface area contributed by atoms with Gasteiger partial charge in [0.2, 0.25) is 0 Å². The number of carbonyl (C=O) groups is 2. The number of likely N-dealkylation sites (N-methyl/N-ethyl adjacent to an activating group) is 1. The van der Waals surface area contributed by atoms with Crippen LogP contribution in [0.25, 0.3) is 0 Å². The van der Waals surface area contributed by atoms with Gasteiger partial charge in [0.25, 0.3) is 11.8 Å². The number of amides is 2. The highest BCUT2D eigenvalue weighted by Crippen LogP contribution is 2.22. The number of halogens is 1. The molecule has 0 saturated heterocycles. The van der Waals surface area contributed by atoms with Crippen LogP contribution in [0.5, 0.6) is 5.75 Å². The average Bonchev–Trinajstić information content (AvgIpc) is 2.64. The highest BCUT2D eigenvalue weighted by Gasteiger charge is 2.18. The fraction of sp³-hybridized carbons (Fsp3) is 0.300. The lowest BCUT2D eigenvalue weighted by molar-refractivity contribution is -0.881. The lowest BCUT2D eigenvalue weighted by Crippen LogP contribution is -3.13. The summed E-state index contributed by atoms with van der Waals surface area (Å²) in [5, 5.41) is 6.25. The number of nitrogens with one attached hydrogen (secondary N) is 3. The van der Waals surface area contributed by atoms with E-state index in [1.807, 2.05) is 32.0 Å². The average molecular weight is 391 g/mol. The maximum absolute atomic E-state index is 12.3. The predicted octanol–water partition coefficient (Wildman–Crippen LogP) is 2.14. The molecular formula is C20H25ClN3O3+. The van der Waals surface area contributed by atoms with E-state index in [-0.39, 0.29) is 24.9 Å². The second-order valence-corrected chi connectivity index (χ2v) is 6.62. The highest BCUT2D eigenvalue weighted by molar-refractivity contribution is 6.31. The summed E-state index contributed by atoms with van der Waals surface area (Å²) >= 11 is 6.08. The number of rotatable bonds is 8. The molecule has 0 saturated carbocycles. The molecule has 0 aliphatic carbocycles. The molecule has 3 N–H and O–H groups in total. The van der Waals surface area contributed by atoms with Gasteiger partial charge >= 0.3 is 0 Å². The van der Waals surface area contributed by atoms with Gasteiger partial charge in [0.05, 0.1) is 19.3 Å². The molecule has 144 valence electrons. The number of ether oxygens (including phenoxy) is 1. The molecule has 1 unspecified atom stereocenters. The Kier molecular flexibility index (Phi) is 7.64. The van der Waals surface area contributed by atoms with Crippen molar-refractivity contribution in [1.29, 1.82) is 0 Å². The fourth-order valence-electron chi connectivity index (χ4n) is 2.58. The van der Waals surface area contributed by atoms with Crippen molar-refractivity contribution in [3.63, 3.8) is 0 Å². The van der Waals surface area contributed by atoms with E-state index in [9.17, 15) is 9.59 Å². The number of aryl methyl sites for hydroxylation is 1. The third-order valence-electron chi connectivity index (χ3n) is 4.16. The molecule has 0 heterocycles. The van der Waals surface area contributed by atoms with Crippen LogP contribution < -0.4 is 20.3 Å². The first-order valence-electron chi connectivity index (χ1n) is 8.75. The van der Waals surface area contributed by atoms with Crippen LogP contribution in [-0.2, 0) is 9.59 Å². The van der Waals surface area contributed by atoms with Crippen LogP contribution in [-0.4, -0.2) is 38.6 Å². The minimum atomic E-state index is -0.178. The van der Waals surface area contributed by atoms with E-state index in [1.54, 1.807) is 31.4 Å². The van der Waals surface area contributed by atoms with Crippen molar-refractivity contribution in [3.8, 4) is 5.75 Å². The van der Waals surface area contributed by atoms with Crippen molar-refractivity contribution in [2.24, 2.45) is 0 Å². The molecule has 2 aromatic rings. The molecule has 7 heteroatoms. The quantitative estimate of drug-likeness (QED) is 0.646. The standard InChI is InChI=1S/C20H24ClN3O3/c1-4-24(12-19(25)22-15-10-9-14(2)16(21)11-15)13-20(26)23-17-7-5-6-8-18(17)27-3/h5-11H,4,12-13H2,1-3H3,(H,22,25)(H,23,26)/p+1. The Morgan fingerprint density at radius 3 is 2.37 bits per heavy atom. The van der Waals surface area contributed by atoms with Crippen molar-refractivity contribution in [2.45, 2.75) is 13.8 Å². The number of para-hydroxylation sites is 2. The summed E-state index contributed by atoms with van der Waals surface area (Å²) < 4.78 is 5.23. The molecule has 0 aliphatic rings. The number of hydrogen-bond acceptors (Lipinski definition) is 3. The molecule has 0 aromatic heterocycles. The number of quaternary nitrogens is 1. The first-order chi connectivity index (χ1) is 12.9. The fourth-order valence-corrected chi connectivity index (χ4v) is 2.77. The highest BCUT2D eigenvalue weighted by atomic mass is 35.5. The van der Waals surface area contributed by atoms with E-state index in [2.05, 4.69) is 10.6 Å². The molecule has 2 aromatic carbocycles. The normalized spacial score (nSPS) is 11.6. The summed E-state index contributed by atoms with van der Waals surface area (Å²) in [6.07, 6.45) is 0. The van der Waals surface area contributed by atoms with Crippen LogP contribution in [0.1, 0.15) is 12.5 Å². The number of benzene rings is 2. The Bertz CT molecular complexity index is 811. The first kappa shape index (κ1) is 20.7. The largest absolute Gasteiger partial charge is 0.495 e. The smallest absolute Gasteiger partial charge is 0.279 e. The van der Waals surface area contributed by atoms with Gasteiger partial charge in [-0.1, -0.05) is 29.8 Å². The van der Waals surface area contributed by atoms with Crippen molar-refractivity contribution in [1.82, 2.24) is 0 Å². The van der Waals surface area contributed by atoms with Crippen LogP contribution in [0.15, 0.2) is 42.5 Å². The van der Waals surface area contributed by atoms with Gasteiger partial charge in [-0.15, -0.1) is 0 Å². The summed E-state index contributed by atoms with van der Waals surface area (Å²) in [5.41, 5.74) is 2.20. The van der Waals surface area contributed by atoms with Crippen LogP contribution >= 0.6 is 11.6 Å². The van der Waals surface area contributed by atoms with Crippen LogP contribution in [0.4, 0.5) is 11.4 Å². The van der Waals surface area contributed by atoms with Crippen LogP contribution in [0, 0.1) is 6.92 Å². The lowest BCUT2D eigenvalue weighted by atomic mass is 10.2. The van der Waals surface area contributed by atoms with E-state index in [1.165, 1.54) is 0 Å². The first-order valence-corrected chi connectivity index (χ1v) is 9.13. The Hall–Kier alpha value is -2.57. The van der Waals surface area contributed by atoms with Crippen LogP contribution in [0.2, 0.25) is 5.02 Å². The third kappa shape index (κ3) is 6.27. The molecule has 2 amide bonds. The minimum absolute atomic E-state index is 0.170. The van der Waals surface area contributed by atoms with Gasteiger partial charge in [-0.25, -0.2) is 0 Å². The van der Waals surface area contributed by atoms with Crippen molar-refractivity contribution in [3.05, 3.63) is 53.1 Å². The van der Waals surface area contributed by atoms with Crippen molar-refractivity contribution in [2.75, 3.05) is 37.4 Å². The molecule has 27 heavy (non-hydrogen) atoms. The van der Waals surface area contributed by atoms with E-state index >= 15 is 0 Å². The van der Waals surface area contributed by atoms with Gasteiger partial charge in [-0.2, -0.15) is 0 Å². The minimum Gasteiger partial charge on any atom is -0.495 e. The zero-order valence-corrected chi connectivity index (χ0v) is 16.5. The van der Waals surface area contributed by atoms with Crippen molar-refractivity contribution < 1.29 is 19.2 Å². The van der Waals surface area contributed by atoms with Crippen LogP contribution in [0.3, 0.4) is 0 Å². The molecule has 0 spiro atoms. The molecular weight excluding hydrogens is 366 g/mol. The lowest BCUT2D eigenvalue weighted by Gasteiger charge is -2.17. The molecule has 6 nitrogen and oxygen atoms in total. The van der Waals surface area contributed by atoms with E-state index in [4.69, 9.17) is 16.3 Å². The third-order valence-corrected chi connectivity index (χ3v) is 4.56. The molecule has 0 radical (unpaired) electrons. The molecule has 1 atom stereocenters. The van der Waals surface area contributed by atoms with Gasteiger partial charge in [-0.05, 0) is 43.7 Å². The number of anilines is 2. The van der Waals surface area contributed by atoms with E-state index < -0.39 is 0 Å². The number of methoxy groups -OCH3 is 1. The zero-order valence-electron chi connectivity index (χ0n) is 15.8. The Morgan fingerprint density at radius 1 is 1.07 bits per heavy atom. The van der Waals surface area contributed by atoms with Gasteiger partial charge in [0.1, 0.15) is 5.75 Å². The van der Waals surface area contributed by atoms with Gasteiger partial charge in [-0.3, -0.25) is 9.59 Å². The summed E-state index contributed by atoms with van der Waals surface area (Å²) in [6, 6.07) is 12.6. The molecule has 0 bridgehead atoms. The number of carbonyl (C=O) groups excluding carboxylic acids is 2. The maximum atomic E-state index is 12.3. The molecule has 0 aliphatic heterocycles. The monoisotopic (exact) mass is 390 g/mol. The van der Waals surface area contributed by atoms with E-state index in [0.29, 0.717) is 28.7 Å². The Labute approximate surface area is 164 Å². The summed E-state index contributed by atoms with van der Waals surface area (Å²) in [7, 11) is 1.55. The summed E-state index contributed by atoms with van der Waals surface area (Å²) in [4.78, 5) is 25.5. The zero-order chi connectivity index (χ0) is 19.8. The predicted molar refractivity (Wildman–Crippen MR) is 108 cm³/mol.